The van der Waals surface area contributed by atoms with Gasteiger partial charge in [0.2, 0.25) is 0 Å². The minimum Gasteiger partial charge on any atom is -0.494 e. The van der Waals surface area contributed by atoms with E-state index in [1.54, 1.807) is 11.8 Å². The molecule has 0 bridgehead atoms. The lowest BCUT2D eigenvalue weighted by molar-refractivity contribution is 0.308. The average molecular weight is 328 g/mol. The molecule has 0 radical (unpaired) electrons. The first-order chi connectivity index (χ1) is 9.78. The van der Waals surface area contributed by atoms with E-state index >= 15 is 0 Å². The fourth-order valence-electron chi connectivity index (χ4n) is 1.90. The molecule has 2 N–H and O–H groups in total. The van der Waals surface area contributed by atoms with E-state index in [9.17, 15) is 0 Å². The Hall–Kier alpha value is -1.20. The van der Waals surface area contributed by atoms with Crippen molar-refractivity contribution in [2.45, 2.75) is 32.6 Å². The number of aryl methyl sites for hydroxylation is 1. The first kappa shape index (κ1) is 17.9. The summed E-state index contributed by atoms with van der Waals surface area (Å²) in [6.45, 7) is 2.90. The van der Waals surface area contributed by atoms with Crippen LogP contribution in [-0.2, 0) is 6.42 Å². The van der Waals surface area contributed by atoms with Crippen LogP contribution in [-0.4, -0.2) is 23.2 Å². The normalized spacial score (nSPS) is 14.0. The van der Waals surface area contributed by atoms with Crippen LogP contribution in [0.3, 0.4) is 0 Å². The Kier molecular flexibility index (Phi) is 8.23. The molecule has 1 aliphatic heterocycles. The maximum atomic E-state index is 5.72. The maximum absolute atomic E-state index is 5.72. The molecule has 0 unspecified atom stereocenters. The molecule has 116 valence electrons. The Labute approximate surface area is 136 Å². The third kappa shape index (κ3) is 6.40. The molecule has 0 aliphatic carbocycles. The molecule has 0 aromatic heterocycles. The Bertz CT molecular complexity index is 488. The van der Waals surface area contributed by atoms with Crippen LogP contribution in [0.4, 0.5) is 0 Å². The third-order valence-corrected chi connectivity index (χ3v) is 3.99. The topological polar surface area (TPSA) is 60.0 Å². The first-order valence-electron chi connectivity index (χ1n) is 7.01. The Morgan fingerprint density at radius 3 is 2.57 bits per heavy atom. The monoisotopic (exact) mass is 327 g/mol. The molecule has 0 atom stereocenters. The lowest BCUT2D eigenvalue weighted by atomic mass is 10.2. The van der Waals surface area contributed by atoms with E-state index in [0.29, 0.717) is 5.17 Å². The lowest BCUT2D eigenvalue weighted by Crippen LogP contribution is -2.15. The third-order valence-electron chi connectivity index (χ3n) is 3.14. The zero-order chi connectivity index (χ0) is 14.2. The fourth-order valence-corrected chi connectivity index (χ4v) is 2.51. The highest BCUT2D eigenvalue weighted by molar-refractivity contribution is 8.14. The number of rotatable bonds is 7. The molecular weight excluding hydrogens is 306 g/mol. The summed E-state index contributed by atoms with van der Waals surface area (Å²) in [5.41, 5.74) is 8.00. The van der Waals surface area contributed by atoms with E-state index in [4.69, 9.17) is 10.5 Å². The molecule has 0 saturated heterocycles. The summed E-state index contributed by atoms with van der Waals surface area (Å²) in [4.78, 5) is 0. The molecule has 0 fully saturated rings. The van der Waals surface area contributed by atoms with Crippen LogP contribution in [0.25, 0.3) is 0 Å². The van der Waals surface area contributed by atoms with E-state index in [2.05, 4.69) is 29.3 Å². The fraction of sp³-hybridized carbons (Fsp3) is 0.467. The summed E-state index contributed by atoms with van der Waals surface area (Å²) >= 11 is 1.56. The molecule has 2 rings (SSSR count). The largest absolute Gasteiger partial charge is 0.494 e. The van der Waals surface area contributed by atoms with Crippen LogP contribution >= 0.6 is 24.2 Å². The van der Waals surface area contributed by atoms with Gasteiger partial charge in [0.05, 0.1) is 12.3 Å². The Morgan fingerprint density at radius 2 is 1.95 bits per heavy atom. The van der Waals surface area contributed by atoms with E-state index in [-0.39, 0.29) is 12.4 Å². The maximum Gasteiger partial charge on any atom is 0.180 e. The van der Waals surface area contributed by atoms with E-state index in [1.807, 2.05) is 12.1 Å². The molecule has 4 nitrogen and oxygen atoms in total. The summed E-state index contributed by atoms with van der Waals surface area (Å²) < 4.78 is 5.72. The van der Waals surface area contributed by atoms with Crippen molar-refractivity contribution in [3.8, 4) is 5.75 Å². The molecule has 1 heterocycles. The average Bonchev–Trinajstić information content (AvgIpc) is 2.49. The molecule has 6 heteroatoms. The van der Waals surface area contributed by atoms with Crippen molar-refractivity contribution in [1.29, 1.82) is 0 Å². The molecule has 21 heavy (non-hydrogen) atoms. The van der Waals surface area contributed by atoms with E-state index < -0.39 is 0 Å². The SMILES string of the molecule is CCc1ccc(OCCCCC2=NN=C(N)SC2)cc1.Cl. The molecular formula is C15H22ClN3OS. The van der Waals surface area contributed by atoms with Gasteiger partial charge in [-0.1, -0.05) is 30.8 Å². The predicted octanol–water partition coefficient (Wildman–Crippen LogP) is 3.64. The molecule has 0 spiro atoms. The highest BCUT2D eigenvalue weighted by atomic mass is 35.5. The molecule has 0 amide bonds. The first-order valence-corrected chi connectivity index (χ1v) is 8.00. The lowest BCUT2D eigenvalue weighted by Gasteiger charge is -2.09. The second kappa shape index (κ2) is 9.68. The number of thioether (sulfide) groups is 1. The van der Waals surface area contributed by atoms with Gasteiger partial charge in [0.25, 0.3) is 0 Å². The van der Waals surface area contributed by atoms with Gasteiger partial charge in [-0.05, 0) is 43.4 Å². The number of nitrogens with two attached hydrogens (primary N) is 1. The molecule has 1 aromatic carbocycles. The van der Waals surface area contributed by atoms with Gasteiger partial charge in [-0.2, -0.15) is 5.10 Å². The van der Waals surface area contributed by atoms with E-state index in [0.717, 1.165) is 49.5 Å². The quantitative estimate of drug-likeness (QED) is 0.778. The van der Waals surface area contributed by atoms with Crippen LogP contribution < -0.4 is 10.5 Å². The second-order valence-electron chi connectivity index (χ2n) is 4.70. The summed E-state index contributed by atoms with van der Waals surface area (Å²) in [6.07, 6.45) is 4.13. The summed E-state index contributed by atoms with van der Waals surface area (Å²) in [5.74, 6) is 1.82. The number of nitrogens with zero attached hydrogens (tertiary/aromatic N) is 2. The standard InChI is InChI=1S/C15H21N3OS.ClH/c1-2-12-6-8-14(9-7-12)19-10-4-3-5-13-11-20-15(16)18-17-13;/h6-9H,2-5,10-11H2,1H3,(H2,16,18);1H. The van der Waals surface area contributed by atoms with Gasteiger partial charge in [-0.15, -0.1) is 17.5 Å². The minimum absolute atomic E-state index is 0. The van der Waals surface area contributed by atoms with Crippen molar-refractivity contribution < 1.29 is 4.74 Å². The van der Waals surface area contributed by atoms with Gasteiger partial charge >= 0.3 is 0 Å². The van der Waals surface area contributed by atoms with Crippen LogP contribution in [0, 0.1) is 0 Å². The van der Waals surface area contributed by atoms with Gasteiger partial charge in [0.1, 0.15) is 5.75 Å². The zero-order valence-corrected chi connectivity index (χ0v) is 13.9. The molecule has 0 saturated carbocycles. The molecule has 1 aliphatic rings. The number of amidine groups is 1. The predicted molar refractivity (Wildman–Crippen MR) is 93.9 cm³/mol. The van der Waals surface area contributed by atoms with Crippen LogP contribution in [0.15, 0.2) is 34.5 Å². The second-order valence-corrected chi connectivity index (χ2v) is 5.69. The number of hydrogen-bond donors (Lipinski definition) is 1. The number of ether oxygens (including phenoxy) is 1. The van der Waals surface area contributed by atoms with Gasteiger partial charge < -0.3 is 10.5 Å². The van der Waals surface area contributed by atoms with Crippen molar-refractivity contribution in [3.63, 3.8) is 0 Å². The number of unbranched alkanes of at least 4 members (excludes halogenated alkanes) is 1. The van der Waals surface area contributed by atoms with Crippen molar-refractivity contribution in [2.24, 2.45) is 15.9 Å². The van der Waals surface area contributed by atoms with Crippen molar-refractivity contribution >= 4 is 35.0 Å². The van der Waals surface area contributed by atoms with Crippen molar-refractivity contribution in [3.05, 3.63) is 29.8 Å². The van der Waals surface area contributed by atoms with Crippen LogP contribution in [0.1, 0.15) is 31.7 Å². The number of hydrogen-bond acceptors (Lipinski definition) is 5. The smallest absolute Gasteiger partial charge is 0.180 e. The van der Waals surface area contributed by atoms with Gasteiger partial charge in [-0.25, -0.2) is 0 Å². The molecule has 1 aromatic rings. The number of benzene rings is 1. The van der Waals surface area contributed by atoms with E-state index in [1.165, 1.54) is 5.56 Å². The van der Waals surface area contributed by atoms with Gasteiger partial charge in [0.15, 0.2) is 5.17 Å². The van der Waals surface area contributed by atoms with Crippen molar-refractivity contribution in [2.75, 3.05) is 12.4 Å². The Morgan fingerprint density at radius 1 is 1.19 bits per heavy atom. The number of halogens is 1. The van der Waals surface area contributed by atoms with Crippen LogP contribution in [0.2, 0.25) is 0 Å². The minimum atomic E-state index is 0. The van der Waals surface area contributed by atoms with Crippen LogP contribution in [0.5, 0.6) is 5.75 Å². The highest BCUT2D eigenvalue weighted by Crippen LogP contribution is 2.14. The summed E-state index contributed by atoms with van der Waals surface area (Å²) in [6, 6.07) is 8.31. The summed E-state index contributed by atoms with van der Waals surface area (Å²) in [5, 5.41) is 8.55. The summed E-state index contributed by atoms with van der Waals surface area (Å²) in [7, 11) is 0. The van der Waals surface area contributed by atoms with Gasteiger partial charge in [-0.3, -0.25) is 0 Å². The van der Waals surface area contributed by atoms with Crippen molar-refractivity contribution in [1.82, 2.24) is 0 Å². The Balaban J connectivity index is 0.00000220. The zero-order valence-electron chi connectivity index (χ0n) is 12.2. The highest BCUT2D eigenvalue weighted by Gasteiger charge is 2.07. The van der Waals surface area contributed by atoms with Gasteiger partial charge in [0, 0.05) is 5.75 Å².